The Labute approximate surface area is 259 Å². The van der Waals surface area contributed by atoms with Gasteiger partial charge >= 0.3 is 0 Å². The molecule has 8 N–H and O–H groups in total. The standard InChI is InChI=1S/C32H64N2O9/c1-3-5-7-9-11-13-15-17-19-33-21-23-25(35)27(37)29(39)31(41-23)43-32-30(40)28(38)26(36)24(42-32)22-34-20-18-16-14-12-10-8-6-4-2/h23-40H,3-22H2,1-2H3/t23-,24-,25-,26-,27+,28+,29-,30-,31-,32?/m1/s1. The van der Waals surface area contributed by atoms with Crippen LogP contribution in [0, 0.1) is 0 Å². The molecule has 0 amide bonds. The lowest BCUT2D eigenvalue weighted by molar-refractivity contribution is -0.372. The van der Waals surface area contributed by atoms with Crippen molar-refractivity contribution in [1.82, 2.24) is 10.6 Å². The molecular weight excluding hydrogens is 556 g/mol. The van der Waals surface area contributed by atoms with Gasteiger partial charge in [0.05, 0.1) is 0 Å². The fourth-order valence-corrected chi connectivity index (χ4v) is 5.78. The Morgan fingerprint density at radius 1 is 0.442 bits per heavy atom. The molecule has 256 valence electrons. The van der Waals surface area contributed by atoms with E-state index in [2.05, 4.69) is 24.5 Å². The summed E-state index contributed by atoms with van der Waals surface area (Å²) in [4.78, 5) is 0. The smallest absolute Gasteiger partial charge is 0.189 e. The summed E-state index contributed by atoms with van der Waals surface area (Å²) >= 11 is 0. The van der Waals surface area contributed by atoms with Crippen LogP contribution in [-0.2, 0) is 14.2 Å². The Bertz CT molecular complexity index is 625. The third kappa shape index (κ3) is 14.2. The van der Waals surface area contributed by atoms with Crippen molar-refractivity contribution in [2.45, 2.75) is 178 Å². The molecule has 2 aliphatic rings. The monoisotopic (exact) mass is 620 g/mol. The molecule has 0 bridgehead atoms. The molecule has 1 unspecified atom stereocenters. The second-order valence-electron chi connectivity index (χ2n) is 12.5. The summed E-state index contributed by atoms with van der Waals surface area (Å²) in [5, 5.41) is 69.4. The van der Waals surface area contributed by atoms with Gasteiger partial charge < -0.3 is 55.5 Å². The number of ether oxygens (including phenoxy) is 3. The van der Waals surface area contributed by atoms with Crippen LogP contribution >= 0.6 is 0 Å². The van der Waals surface area contributed by atoms with Crippen molar-refractivity contribution < 1.29 is 44.8 Å². The van der Waals surface area contributed by atoms with Crippen molar-refractivity contribution in [3.05, 3.63) is 0 Å². The lowest BCUT2D eigenvalue weighted by Gasteiger charge is -2.45. The van der Waals surface area contributed by atoms with Gasteiger partial charge in [-0.2, -0.15) is 0 Å². The van der Waals surface area contributed by atoms with Gasteiger partial charge in [-0.25, -0.2) is 0 Å². The molecule has 2 fully saturated rings. The zero-order valence-corrected chi connectivity index (χ0v) is 26.8. The van der Waals surface area contributed by atoms with Crippen molar-refractivity contribution in [2.75, 3.05) is 26.2 Å². The number of unbranched alkanes of at least 4 members (excludes halogenated alkanes) is 14. The molecule has 11 heteroatoms. The predicted molar refractivity (Wildman–Crippen MR) is 165 cm³/mol. The predicted octanol–water partition coefficient (Wildman–Crippen LogP) is 2.08. The Kier molecular flexibility index (Phi) is 20.7. The van der Waals surface area contributed by atoms with Crippen molar-refractivity contribution >= 4 is 0 Å². The molecule has 0 spiro atoms. The molecule has 0 aromatic rings. The molecule has 2 saturated heterocycles. The number of nitrogens with one attached hydrogen (secondary N) is 2. The summed E-state index contributed by atoms with van der Waals surface area (Å²) in [6.07, 6.45) is 5.77. The number of aliphatic hydroxyl groups is 6. The lowest BCUT2D eigenvalue weighted by Crippen LogP contribution is -2.64. The number of aliphatic hydroxyl groups excluding tert-OH is 6. The molecule has 2 rings (SSSR count). The fraction of sp³-hybridized carbons (Fsp3) is 1.00. The highest BCUT2D eigenvalue weighted by molar-refractivity contribution is 4.93. The highest BCUT2D eigenvalue weighted by atomic mass is 16.8. The highest BCUT2D eigenvalue weighted by Gasteiger charge is 2.49. The van der Waals surface area contributed by atoms with Crippen LogP contribution in [0.25, 0.3) is 0 Å². The van der Waals surface area contributed by atoms with Crippen LogP contribution in [0.15, 0.2) is 0 Å². The molecule has 11 nitrogen and oxygen atoms in total. The third-order valence-corrected chi connectivity index (χ3v) is 8.71. The number of hydrogen-bond donors (Lipinski definition) is 8. The summed E-state index contributed by atoms with van der Waals surface area (Å²) in [6.45, 7) is 6.36. The first-order valence-corrected chi connectivity index (χ1v) is 17.3. The molecule has 2 heterocycles. The largest absolute Gasteiger partial charge is 0.388 e. The highest BCUT2D eigenvalue weighted by Crippen LogP contribution is 2.28. The van der Waals surface area contributed by atoms with E-state index in [4.69, 9.17) is 14.2 Å². The van der Waals surface area contributed by atoms with Crippen LogP contribution in [0.3, 0.4) is 0 Å². The Hall–Kier alpha value is -0.440. The maximum atomic E-state index is 10.5. The molecule has 0 aliphatic carbocycles. The minimum atomic E-state index is -1.60. The first-order valence-electron chi connectivity index (χ1n) is 17.3. The van der Waals surface area contributed by atoms with E-state index < -0.39 is 61.4 Å². The van der Waals surface area contributed by atoms with Crippen LogP contribution in [0.1, 0.15) is 117 Å². The van der Waals surface area contributed by atoms with Crippen molar-refractivity contribution in [2.24, 2.45) is 0 Å². The van der Waals surface area contributed by atoms with Crippen LogP contribution in [0.4, 0.5) is 0 Å². The third-order valence-electron chi connectivity index (χ3n) is 8.71. The van der Waals surface area contributed by atoms with Crippen LogP contribution in [-0.4, -0.2) is 118 Å². The minimum Gasteiger partial charge on any atom is -0.388 e. The number of hydrogen-bond acceptors (Lipinski definition) is 11. The van der Waals surface area contributed by atoms with E-state index in [-0.39, 0.29) is 13.1 Å². The van der Waals surface area contributed by atoms with Gasteiger partial charge in [-0.15, -0.1) is 0 Å². The van der Waals surface area contributed by atoms with E-state index in [1.807, 2.05) is 0 Å². The van der Waals surface area contributed by atoms with Crippen molar-refractivity contribution in [1.29, 1.82) is 0 Å². The lowest BCUT2D eigenvalue weighted by atomic mass is 9.97. The zero-order valence-electron chi connectivity index (χ0n) is 26.8. The maximum absolute atomic E-state index is 10.5. The fourth-order valence-electron chi connectivity index (χ4n) is 5.78. The van der Waals surface area contributed by atoms with Gasteiger partial charge in [0.25, 0.3) is 0 Å². The summed E-state index contributed by atoms with van der Waals surface area (Å²) in [6, 6.07) is 0. The Balaban J connectivity index is 1.74. The summed E-state index contributed by atoms with van der Waals surface area (Å²) in [5.41, 5.74) is 0. The van der Waals surface area contributed by atoms with Gasteiger partial charge in [-0.05, 0) is 25.9 Å². The second kappa shape index (κ2) is 23.0. The zero-order chi connectivity index (χ0) is 31.5. The average Bonchev–Trinajstić information content (AvgIpc) is 3.00. The molecule has 10 atom stereocenters. The topological polar surface area (TPSA) is 173 Å². The first-order chi connectivity index (χ1) is 20.8. The molecular formula is C32H64N2O9. The first kappa shape index (κ1) is 38.7. The van der Waals surface area contributed by atoms with Crippen molar-refractivity contribution in [3.8, 4) is 0 Å². The minimum absolute atomic E-state index is 0.238. The van der Waals surface area contributed by atoms with Gasteiger partial charge in [-0.3, -0.25) is 0 Å². The summed E-state index contributed by atoms with van der Waals surface area (Å²) < 4.78 is 17.3. The molecule has 0 saturated carbocycles. The van der Waals surface area contributed by atoms with E-state index in [0.717, 1.165) is 38.8 Å². The molecule has 0 aromatic heterocycles. The van der Waals surface area contributed by atoms with Gasteiger partial charge in [0.2, 0.25) is 0 Å². The normalized spacial score (nSPS) is 33.2. The van der Waals surface area contributed by atoms with Gasteiger partial charge in [0.1, 0.15) is 48.8 Å². The van der Waals surface area contributed by atoms with Crippen LogP contribution < -0.4 is 10.6 Å². The van der Waals surface area contributed by atoms with E-state index in [1.165, 1.54) is 77.0 Å². The summed E-state index contributed by atoms with van der Waals surface area (Å²) in [5.74, 6) is 0. The average molecular weight is 621 g/mol. The molecule has 0 radical (unpaired) electrons. The Morgan fingerprint density at radius 3 is 1.12 bits per heavy atom. The molecule has 2 aliphatic heterocycles. The maximum Gasteiger partial charge on any atom is 0.189 e. The van der Waals surface area contributed by atoms with Gasteiger partial charge in [0, 0.05) is 13.1 Å². The quantitative estimate of drug-likeness (QED) is 0.0743. The number of rotatable bonds is 24. The van der Waals surface area contributed by atoms with Crippen molar-refractivity contribution in [3.63, 3.8) is 0 Å². The van der Waals surface area contributed by atoms with E-state index in [0.29, 0.717) is 0 Å². The second-order valence-corrected chi connectivity index (χ2v) is 12.5. The van der Waals surface area contributed by atoms with Gasteiger partial charge in [0.15, 0.2) is 12.6 Å². The van der Waals surface area contributed by atoms with E-state index in [1.54, 1.807) is 0 Å². The van der Waals surface area contributed by atoms with Crippen LogP contribution in [0.2, 0.25) is 0 Å². The Morgan fingerprint density at radius 2 is 0.767 bits per heavy atom. The molecule has 43 heavy (non-hydrogen) atoms. The van der Waals surface area contributed by atoms with E-state index >= 15 is 0 Å². The SMILES string of the molecule is CCCCCCCCCCNC[C@H]1O[C@H](OC2O[C@H](CNCCCCCCCCCC)[C@@H](O)[C@H](O)[C@H]2O)[C@H](O)[C@@H](O)[C@@H]1O. The molecule has 0 aromatic carbocycles. The summed E-state index contributed by atoms with van der Waals surface area (Å²) in [7, 11) is 0. The van der Waals surface area contributed by atoms with Gasteiger partial charge in [-0.1, -0.05) is 104 Å². The van der Waals surface area contributed by atoms with E-state index in [9.17, 15) is 30.6 Å². The van der Waals surface area contributed by atoms with Crippen LogP contribution in [0.5, 0.6) is 0 Å².